The van der Waals surface area contributed by atoms with Gasteiger partial charge in [-0.1, -0.05) is 18.2 Å². The van der Waals surface area contributed by atoms with E-state index >= 15 is 0 Å². The third-order valence-electron chi connectivity index (χ3n) is 3.68. The molecule has 0 saturated heterocycles. The van der Waals surface area contributed by atoms with Crippen LogP contribution < -0.4 is 0 Å². The molecule has 2 heteroatoms. The van der Waals surface area contributed by atoms with Crippen LogP contribution in [0.25, 0.3) is 0 Å². The van der Waals surface area contributed by atoms with Crippen molar-refractivity contribution in [3.63, 3.8) is 0 Å². The molecule has 2 nitrogen and oxygen atoms in total. The first-order valence-corrected chi connectivity index (χ1v) is 4.54. The maximum absolute atomic E-state index is 9.06. The third-order valence-corrected chi connectivity index (χ3v) is 3.68. The molecule has 0 N–H and O–H groups in total. The van der Waals surface area contributed by atoms with Crippen molar-refractivity contribution in [2.24, 2.45) is 23.2 Å². The average Bonchev–Trinajstić information content (AvgIpc) is 2.88. The Morgan fingerprint density at radius 1 is 1.46 bits per heavy atom. The van der Waals surface area contributed by atoms with Gasteiger partial charge < -0.3 is 0 Å². The van der Waals surface area contributed by atoms with Crippen molar-refractivity contribution in [1.82, 2.24) is 0 Å². The van der Waals surface area contributed by atoms with Gasteiger partial charge in [0.15, 0.2) is 0 Å². The van der Waals surface area contributed by atoms with Crippen molar-refractivity contribution in [2.45, 2.75) is 6.42 Å². The summed E-state index contributed by atoms with van der Waals surface area (Å²) in [5.74, 6) is 1.14. The predicted octanol–water partition coefficient (Wildman–Crippen LogP) is 1.78. The van der Waals surface area contributed by atoms with Crippen LogP contribution >= 0.6 is 0 Å². The molecule has 4 atom stereocenters. The lowest BCUT2D eigenvalue weighted by molar-refractivity contribution is 0.530. The summed E-state index contributed by atoms with van der Waals surface area (Å²) in [6.07, 6.45) is 7.09. The first-order valence-electron chi connectivity index (χ1n) is 4.54. The monoisotopic (exact) mass is 168 g/mol. The number of allylic oxidation sites excluding steroid dienone is 4. The molecule has 0 aliphatic heterocycles. The van der Waals surface area contributed by atoms with E-state index in [9.17, 15) is 0 Å². The van der Waals surface area contributed by atoms with Gasteiger partial charge in [0.2, 0.25) is 0 Å². The highest BCUT2D eigenvalue weighted by Gasteiger charge is 2.66. The van der Waals surface area contributed by atoms with E-state index in [-0.39, 0.29) is 5.41 Å². The number of fused-ring (bicyclic) bond motifs is 2. The van der Waals surface area contributed by atoms with Gasteiger partial charge in [0.05, 0.1) is 17.6 Å². The summed E-state index contributed by atoms with van der Waals surface area (Å²) in [4.78, 5) is 0. The van der Waals surface area contributed by atoms with Crippen molar-refractivity contribution in [3.05, 3.63) is 23.8 Å². The molecule has 0 aromatic carbocycles. The van der Waals surface area contributed by atoms with Crippen molar-refractivity contribution < 1.29 is 0 Å². The minimum Gasteiger partial charge on any atom is -0.197 e. The van der Waals surface area contributed by atoms with E-state index < -0.39 is 0 Å². The molecule has 0 aromatic heterocycles. The van der Waals surface area contributed by atoms with Crippen LogP contribution in [-0.4, -0.2) is 0 Å². The van der Waals surface area contributed by atoms with E-state index in [1.54, 1.807) is 0 Å². The number of nitriles is 2. The lowest BCUT2D eigenvalue weighted by Gasteiger charge is -2.17. The molecular weight excluding hydrogens is 160 g/mol. The Kier molecular flexibility index (Phi) is 0.988. The summed E-state index contributed by atoms with van der Waals surface area (Å²) in [5.41, 5.74) is 0.641. The topological polar surface area (TPSA) is 47.6 Å². The highest BCUT2D eigenvalue weighted by atomic mass is 14.7. The summed E-state index contributed by atoms with van der Waals surface area (Å²) < 4.78 is 0. The molecular formula is C11H8N2. The first kappa shape index (κ1) is 6.92. The molecule has 3 aliphatic rings. The zero-order valence-corrected chi connectivity index (χ0v) is 7.07. The Bertz CT molecular complexity index is 418. The van der Waals surface area contributed by atoms with Gasteiger partial charge in [0.1, 0.15) is 0 Å². The van der Waals surface area contributed by atoms with Crippen LogP contribution in [0.3, 0.4) is 0 Å². The summed E-state index contributed by atoms with van der Waals surface area (Å²) in [6, 6.07) is 4.62. The SMILES string of the molecule is N#CC1=CC2C3CC1C=CC23C#N. The Labute approximate surface area is 76.8 Å². The van der Waals surface area contributed by atoms with Crippen LogP contribution in [0.15, 0.2) is 23.8 Å². The fraction of sp³-hybridized carbons (Fsp3) is 0.455. The number of rotatable bonds is 0. The van der Waals surface area contributed by atoms with Crippen LogP contribution in [-0.2, 0) is 0 Å². The Hall–Kier alpha value is -1.54. The van der Waals surface area contributed by atoms with Gasteiger partial charge in [0.25, 0.3) is 0 Å². The summed E-state index contributed by atoms with van der Waals surface area (Å²) in [7, 11) is 0. The quantitative estimate of drug-likeness (QED) is 0.517. The molecule has 2 bridgehead atoms. The van der Waals surface area contributed by atoms with Crippen LogP contribution in [0.1, 0.15) is 6.42 Å². The van der Waals surface area contributed by atoms with Gasteiger partial charge in [-0.25, -0.2) is 0 Å². The minimum atomic E-state index is -0.227. The Morgan fingerprint density at radius 3 is 3.00 bits per heavy atom. The maximum Gasteiger partial charge on any atom is 0.0950 e. The standard InChI is InChI=1S/C11H8N2/c12-5-8-4-10-9-3-7(8)1-2-11(9,10)6-13/h1-2,4,7,9-10H,3H2. The van der Waals surface area contributed by atoms with E-state index in [4.69, 9.17) is 10.5 Å². The largest absolute Gasteiger partial charge is 0.197 e. The van der Waals surface area contributed by atoms with Gasteiger partial charge in [0, 0.05) is 17.4 Å². The van der Waals surface area contributed by atoms with Crippen LogP contribution in [0.2, 0.25) is 0 Å². The molecule has 0 heterocycles. The van der Waals surface area contributed by atoms with Crippen molar-refractivity contribution in [1.29, 1.82) is 10.5 Å². The summed E-state index contributed by atoms with van der Waals surface area (Å²) >= 11 is 0. The second-order valence-electron chi connectivity index (χ2n) is 4.11. The molecule has 1 saturated carbocycles. The van der Waals surface area contributed by atoms with Gasteiger partial charge in [-0.3, -0.25) is 0 Å². The zero-order valence-electron chi connectivity index (χ0n) is 7.07. The fourth-order valence-corrected chi connectivity index (χ4v) is 2.83. The van der Waals surface area contributed by atoms with E-state index in [1.165, 1.54) is 0 Å². The molecule has 3 aliphatic carbocycles. The fourth-order valence-electron chi connectivity index (χ4n) is 2.83. The molecule has 0 spiro atoms. The first-order chi connectivity index (χ1) is 6.31. The van der Waals surface area contributed by atoms with E-state index in [1.807, 2.05) is 18.2 Å². The molecule has 3 rings (SSSR count). The Morgan fingerprint density at radius 2 is 2.31 bits per heavy atom. The van der Waals surface area contributed by atoms with Crippen LogP contribution in [0, 0.1) is 45.8 Å². The highest BCUT2D eigenvalue weighted by Crippen LogP contribution is 2.68. The van der Waals surface area contributed by atoms with E-state index in [0.29, 0.717) is 17.8 Å². The predicted molar refractivity (Wildman–Crippen MR) is 46.0 cm³/mol. The maximum atomic E-state index is 9.06. The van der Waals surface area contributed by atoms with E-state index in [2.05, 4.69) is 12.1 Å². The number of nitrogens with zero attached hydrogens (tertiary/aromatic N) is 2. The molecule has 4 unspecified atom stereocenters. The minimum absolute atomic E-state index is 0.227. The van der Waals surface area contributed by atoms with Gasteiger partial charge in [-0.05, 0) is 12.3 Å². The van der Waals surface area contributed by atoms with Gasteiger partial charge in [-0.2, -0.15) is 10.5 Å². The van der Waals surface area contributed by atoms with Gasteiger partial charge >= 0.3 is 0 Å². The average molecular weight is 168 g/mol. The zero-order chi connectivity index (χ0) is 9.05. The van der Waals surface area contributed by atoms with Gasteiger partial charge in [-0.15, -0.1) is 0 Å². The lowest BCUT2D eigenvalue weighted by Crippen LogP contribution is -2.10. The second-order valence-corrected chi connectivity index (χ2v) is 4.11. The molecule has 0 radical (unpaired) electrons. The molecule has 0 amide bonds. The molecule has 62 valence electrons. The number of hydrogen-bond acceptors (Lipinski definition) is 2. The molecule has 13 heavy (non-hydrogen) atoms. The molecule has 0 aromatic rings. The van der Waals surface area contributed by atoms with Crippen LogP contribution in [0.5, 0.6) is 0 Å². The van der Waals surface area contributed by atoms with Crippen molar-refractivity contribution >= 4 is 0 Å². The lowest BCUT2D eigenvalue weighted by atomic mass is 9.85. The highest BCUT2D eigenvalue weighted by molar-refractivity contribution is 5.47. The second kappa shape index (κ2) is 1.86. The Balaban J connectivity index is 2.15. The summed E-state index contributed by atoms with van der Waals surface area (Å²) in [6.45, 7) is 0. The smallest absolute Gasteiger partial charge is 0.0950 e. The summed E-state index contributed by atoms with van der Waals surface area (Å²) in [5, 5.41) is 17.9. The molecule has 1 fully saturated rings. The van der Waals surface area contributed by atoms with E-state index in [0.717, 1.165) is 12.0 Å². The third kappa shape index (κ3) is 0.595. The van der Waals surface area contributed by atoms with Crippen molar-refractivity contribution in [3.8, 4) is 12.1 Å². The number of hydrogen-bond donors (Lipinski definition) is 0. The normalized spacial score (nSPS) is 48.8. The van der Waals surface area contributed by atoms with Crippen LogP contribution in [0.4, 0.5) is 0 Å². The van der Waals surface area contributed by atoms with Crippen molar-refractivity contribution in [2.75, 3.05) is 0 Å².